The van der Waals surface area contributed by atoms with Crippen molar-refractivity contribution in [1.82, 2.24) is 9.55 Å². The van der Waals surface area contributed by atoms with E-state index in [4.69, 9.17) is 0 Å². The fourth-order valence-corrected chi connectivity index (χ4v) is 2.34. The van der Waals surface area contributed by atoms with Crippen molar-refractivity contribution in [3.63, 3.8) is 0 Å². The van der Waals surface area contributed by atoms with E-state index < -0.39 is 17.1 Å². The largest absolute Gasteiger partial charge is 0.493 e. The Kier molecular flexibility index (Phi) is 6.54. The van der Waals surface area contributed by atoms with E-state index in [0.717, 1.165) is 22.2 Å². The molecule has 2 N–H and O–H groups in total. The van der Waals surface area contributed by atoms with Crippen LogP contribution in [0, 0.1) is 0 Å². The number of aliphatic imine (C=N–C) groups is 1. The lowest BCUT2D eigenvalue weighted by Gasteiger charge is -2.11. The molecule has 0 aliphatic rings. The van der Waals surface area contributed by atoms with Crippen LogP contribution in [0.3, 0.4) is 0 Å². The van der Waals surface area contributed by atoms with Gasteiger partial charge in [0.15, 0.2) is 5.69 Å². The highest BCUT2D eigenvalue weighted by atomic mass is 16.3. The van der Waals surface area contributed by atoms with Crippen LogP contribution in [0.15, 0.2) is 44.9 Å². The lowest BCUT2D eigenvalue weighted by atomic mass is 10.2. The first kappa shape index (κ1) is 19.2. The number of rotatable bonds is 7. The number of nitrogens with zero attached hydrogens (tertiary/aromatic N) is 3. The van der Waals surface area contributed by atoms with E-state index in [-0.39, 0.29) is 5.69 Å². The van der Waals surface area contributed by atoms with Crippen LogP contribution in [-0.2, 0) is 6.54 Å². The second-order valence-corrected chi connectivity index (χ2v) is 6.06. The standard InChI is InChI=1S/C19H24N4O3/c1-4-5-13-23-18(25)16(17(24)21-19(23)26)20-12-6-7-14-8-10-15(11-9-14)22(2)3/h6-12,25H,4-5,13H2,1-3H3,(H,21,24,26)/b7-6+,20-12?. The zero-order valence-corrected chi connectivity index (χ0v) is 15.3. The van der Waals surface area contributed by atoms with Crippen LogP contribution < -0.4 is 16.1 Å². The molecule has 138 valence electrons. The van der Waals surface area contributed by atoms with Gasteiger partial charge in [-0.3, -0.25) is 14.3 Å². The van der Waals surface area contributed by atoms with Gasteiger partial charge in [-0.25, -0.2) is 9.79 Å². The lowest BCUT2D eigenvalue weighted by molar-refractivity contribution is 0.398. The van der Waals surface area contributed by atoms with Crippen molar-refractivity contribution in [3.05, 3.63) is 56.7 Å². The monoisotopic (exact) mass is 356 g/mol. The van der Waals surface area contributed by atoms with Gasteiger partial charge in [-0.05, 0) is 30.2 Å². The van der Waals surface area contributed by atoms with E-state index in [1.807, 2.05) is 56.3 Å². The summed E-state index contributed by atoms with van der Waals surface area (Å²) in [5.41, 5.74) is 0.569. The van der Waals surface area contributed by atoms with Crippen molar-refractivity contribution < 1.29 is 5.11 Å². The third kappa shape index (κ3) is 4.72. The smallest absolute Gasteiger partial charge is 0.331 e. The molecule has 7 nitrogen and oxygen atoms in total. The third-order valence-corrected chi connectivity index (χ3v) is 3.87. The van der Waals surface area contributed by atoms with Crippen molar-refractivity contribution in [3.8, 4) is 5.88 Å². The SMILES string of the molecule is CCCCn1c(O)c(N=C/C=C/c2ccc(N(C)C)cc2)c(=O)[nH]c1=O. The maximum absolute atomic E-state index is 11.9. The molecule has 0 saturated carbocycles. The van der Waals surface area contributed by atoms with Crippen molar-refractivity contribution in [1.29, 1.82) is 0 Å². The first-order chi connectivity index (χ1) is 12.4. The van der Waals surface area contributed by atoms with Crippen molar-refractivity contribution in [2.75, 3.05) is 19.0 Å². The topological polar surface area (TPSA) is 90.7 Å². The highest BCUT2D eigenvalue weighted by molar-refractivity contribution is 5.81. The quantitative estimate of drug-likeness (QED) is 0.746. The fourth-order valence-electron chi connectivity index (χ4n) is 2.34. The highest BCUT2D eigenvalue weighted by Gasteiger charge is 2.12. The Morgan fingerprint density at radius 2 is 1.92 bits per heavy atom. The molecule has 0 unspecified atom stereocenters. The summed E-state index contributed by atoms with van der Waals surface area (Å²) in [5.74, 6) is -0.410. The average molecular weight is 356 g/mol. The van der Waals surface area contributed by atoms with Crippen molar-refractivity contribution in [2.45, 2.75) is 26.3 Å². The predicted octanol–water partition coefficient (Wildman–Crippen LogP) is 2.52. The van der Waals surface area contributed by atoms with Gasteiger partial charge in [-0.1, -0.05) is 31.6 Å². The highest BCUT2D eigenvalue weighted by Crippen LogP contribution is 2.19. The van der Waals surface area contributed by atoms with E-state index in [1.54, 1.807) is 6.08 Å². The molecule has 7 heteroatoms. The van der Waals surface area contributed by atoms with Gasteiger partial charge >= 0.3 is 5.69 Å². The van der Waals surface area contributed by atoms with E-state index >= 15 is 0 Å². The van der Waals surface area contributed by atoms with Gasteiger partial charge in [-0.2, -0.15) is 0 Å². The van der Waals surface area contributed by atoms with Crippen molar-refractivity contribution >= 4 is 23.7 Å². The Labute approximate surface area is 152 Å². The second-order valence-electron chi connectivity index (χ2n) is 6.06. The van der Waals surface area contributed by atoms with E-state index in [0.29, 0.717) is 13.0 Å². The second kappa shape index (κ2) is 8.84. The molecule has 0 spiro atoms. The van der Waals surface area contributed by atoms with Gasteiger partial charge in [0.25, 0.3) is 5.56 Å². The number of aromatic hydroxyl groups is 1. The van der Waals surface area contributed by atoms with Gasteiger partial charge in [0, 0.05) is 32.5 Å². The number of anilines is 1. The summed E-state index contributed by atoms with van der Waals surface area (Å²) in [6, 6.07) is 7.93. The summed E-state index contributed by atoms with van der Waals surface area (Å²) in [5, 5.41) is 10.2. The molecule has 0 aliphatic carbocycles. The first-order valence-electron chi connectivity index (χ1n) is 8.48. The van der Waals surface area contributed by atoms with Crippen LogP contribution in [0.25, 0.3) is 6.08 Å². The molecule has 0 amide bonds. The fraction of sp³-hybridized carbons (Fsp3) is 0.316. The molecular weight excluding hydrogens is 332 g/mol. The first-order valence-corrected chi connectivity index (χ1v) is 8.48. The Balaban J connectivity index is 2.19. The Hall–Kier alpha value is -3.09. The average Bonchev–Trinajstić information content (AvgIpc) is 2.61. The minimum atomic E-state index is -0.708. The minimum absolute atomic E-state index is 0.173. The molecule has 2 aromatic rings. The van der Waals surface area contributed by atoms with Gasteiger partial charge in [0.2, 0.25) is 5.88 Å². The Bertz CT molecular complexity index is 906. The molecule has 0 radical (unpaired) electrons. The molecule has 1 heterocycles. The molecule has 0 bridgehead atoms. The van der Waals surface area contributed by atoms with Gasteiger partial charge in [-0.15, -0.1) is 0 Å². The molecule has 1 aromatic carbocycles. The van der Waals surface area contributed by atoms with Crippen LogP contribution in [0.4, 0.5) is 11.4 Å². The number of hydrogen-bond donors (Lipinski definition) is 2. The summed E-state index contributed by atoms with van der Waals surface area (Å²) in [6.07, 6.45) is 6.50. The molecule has 26 heavy (non-hydrogen) atoms. The molecule has 0 saturated heterocycles. The number of unbranched alkanes of at least 4 members (excludes halogenated alkanes) is 1. The zero-order valence-electron chi connectivity index (χ0n) is 15.3. The van der Waals surface area contributed by atoms with Gasteiger partial charge in [0.05, 0.1) is 0 Å². The normalized spacial score (nSPS) is 11.5. The number of aromatic amines is 1. The molecule has 0 atom stereocenters. The molecule has 1 aromatic heterocycles. The Morgan fingerprint density at radius 1 is 1.23 bits per heavy atom. The van der Waals surface area contributed by atoms with Gasteiger partial charge in [0.1, 0.15) is 0 Å². The molecule has 2 rings (SSSR count). The minimum Gasteiger partial charge on any atom is -0.493 e. The Morgan fingerprint density at radius 3 is 2.54 bits per heavy atom. The summed E-state index contributed by atoms with van der Waals surface area (Å²) < 4.78 is 1.13. The summed E-state index contributed by atoms with van der Waals surface area (Å²) >= 11 is 0. The molecule has 0 fully saturated rings. The van der Waals surface area contributed by atoms with Crippen LogP contribution in [-0.4, -0.2) is 35.0 Å². The number of aromatic nitrogens is 2. The zero-order chi connectivity index (χ0) is 19.1. The van der Waals surface area contributed by atoms with Crippen LogP contribution >= 0.6 is 0 Å². The number of benzene rings is 1. The maximum Gasteiger partial charge on any atom is 0.331 e. The van der Waals surface area contributed by atoms with Crippen LogP contribution in [0.2, 0.25) is 0 Å². The van der Waals surface area contributed by atoms with E-state index in [2.05, 4.69) is 9.98 Å². The number of nitrogens with one attached hydrogen (secondary N) is 1. The van der Waals surface area contributed by atoms with E-state index in [1.165, 1.54) is 6.21 Å². The molecular formula is C19H24N4O3. The number of allylic oxidation sites excluding steroid dienone is 1. The van der Waals surface area contributed by atoms with Crippen molar-refractivity contribution in [2.24, 2.45) is 4.99 Å². The number of H-pyrrole nitrogens is 1. The predicted molar refractivity (Wildman–Crippen MR) is 106 cm³/mol. The lowest BCUT2D eigenvalue weighted by Crippen LogP contribution is -2.29. The summed E-state index contributed by atoms with van der Waals surface area (Å²) in [4.78, 5) is 31.9. The van der Waals surface area contributed by atoms with Gasteiger partial charge < -0.3 is 10.0 Å². The third-order valence-electron chi connectivity index (χ3n) is 3.87. The summed E-state index contributed by atoms with van der Waals surface area (Å²) in [6.45, 7) is 2.30. The van der Waals surface area contributed by atoms with Crippen LogP contribution in [0.5, 0.6) is 5.88 Å². The maximum atomic E-state index is 11.9. The van der Waals surface area contributed by atoms with E-state index in [9.17, 15) is 14.7 Å². The number of hydrogen-bond acceptors (Lipinski definition) is 5. The molecule has 0 aliphatic heterocycles. The van der Waals surface area contributed by atoms with Crippen LogP contribution in [0.1, 0.15) is 25.3 Å². The summed E-state index contributed by atoms with van der Waals surface area (Å²) in [7, 11) is 3.95.